The first-order valence-corrected chi connectivity index (χ1v) is 21.9. The van der Waals surface area contributed by atoms with Gasteiger partial charge < -0.3 is 9.47 Å². The summed E-state index contributed by atoms with van der Waals surface area (Å²) in [6.07, 6.45) is 38.1. The molecule has 0 aromatic heterocycles. The first-order valence-electron chi connectivity index (χ1n) is 19.2. The van der Waals surface area contributed by atoms with Crippen molar-refractivity contribution in [1.82, 2.24) is 0 Å². The number of hydrogen-bond donors (Lipinski definition) is 0. The Morgan fingerprint density at radius 2 is 0.814 bits per heavy atom. The maximum Gasteiger partial charge on any atom is 0.585 e. The second-order valence-corrected chi connectivity index (χ2v) is 15.9. The molecule has 0 saturated heterocycles. The Hall–Kier alpha value is 0.330. The van der Waals surface area contributed by atoms with Gasteiger partial charge in [-0.1, -0.05) is 188 Å². The van der Waals surface area contributed by atoms with Crippen molar-refractivity contribution in [2.45, 2.75) is 207 Å². The minimum Gasteiger partial charge on any atom is -0.379 e. The molecule has 0 aromatic rings. The molecule has 0 heterocycles. The van der Waals surface area contributed by atoms with Crippen LogP contribution in [-0.4, -0.2) is 38.3 Å². The van der Waals surface area contributed by atoms with Gasteiger partial charge in [0, 0.05) is 19.0 Å². The smallest absolute Gasteiger partial charge is 0.379 e. The van der Waals surface area contributed by atoms with Gasteiger partial charge in [0.05, 0.1) is 6.61 Å². The number of unbranched alkanes of at least 4 members (excludes halogenated alkanes) is 26. The molecule has 0 aliphatic carbocycles. The van der Waals surface area contributed by atoms with Crippen LogP contribution in [0.2, 0.25) is 0 Å². The van der Waals surface area contributed by atoms with Gasteiger partial charge in [-0.15, -0.1) is 4.52 Å². The third kappa shape index (κ3) is 36.7. The number of hydrogen-bond acceptors (Lipinski definition) is 5. The third-order valence-corrected chi connectivity index (χ3v) is 10.9. The largest absolute Gasteiger partial charge is 0.585 e. The van der Waals surface area contributed by atoms with Crippen molar-refractivity contribution in [2.75, 3.05) is 32.2 Å². The summed E-state index contributed by atoms with van der Waals surface area (Å²) >= 11 is 1.36. The van der Waals surface area contributed by atoms with Crippen LogP contribution in [0.5, 0.6) is 0 Å². The summed E-state index contributed by atoms with van der Waals surface area (Å²) in [5.41, 5.74) is 0. The standard InChI is InChI=1S/C37H76O4PS/c1-4-7-9-11-13-15-17-19-21-23-25-27-29-31-33-39-35-37(36-41-42(38)43-6-3)40-34-32-30-28-26-24-22-20-18-16-14-12-10-8-5-2/h37H,4-36H2,1-3H3/q+1. The molecule has 258 valence electrons. The van der Waals surface area contributed by atoms with E-state index in [-0.39, 0.29) is 6.10 Å². The first kappa shape index (κ1) is 43.3. The van der Waals surface area contributed by atoms with E-state index in [2.05, 4.69) is 13.8 Å². The maximum absolute atomic E-state index is 12.0. The molecule has 0 amide bonds. The lowest BCUT2D eigenvalue weighted by atomic mass is 10.0. The highest BCUT2D eigenvalue weighted by Crippen LogP contribution is 2.38. The van der Waals surface area contributed by atoms with Crippen molar-refractivity contribution in [2.24, 2.45) is 0 Å². The summed E-state index contributed by atoms with van der Waals surface area (Å²) in [7, 11) is -1.66. The van der Waals surface area contributed by atoms with Crippen LogP contribution in [0.4, 0.5) is 0 Å². The van der Waals surface area contributed by atoms with E-state index in [4.69, 9.17) is 14.0 Å². The summed E-state index contributed by atoms with van der Waals surface area (Å²) in [5, 5.41) is 0. The third-order valence-electron chi connectivity index (χ3n) is 8.40. The normalized spacial score (nSPS) is 12.7. The molecule has 0 radical (unpaired) electrons. The molecule has 2 atom stereocenters. The predicted molar refractivity (Wildman–Crippen MR) is 193 cm³/mol. The Kier molecular flexibility index (Phi) is 38.8. The molecule has 4 nitrogen and oxygen atoms in total. The van der Waals surface area contributed by atoms with Gasteiger partial charge in [0.25, 0.3) is 0 Å². The quantitative estimate of drug-likeness (QED) is 0.0493. The van der Waals surface area contributed by atoms with Gasteiger partial charge in [0.2, 0.25) is 0 Å². The average Bonchev–Trinajstić information content (AvgIpc) is 3.01. The fraction of sp³-hybridized carbons (Fsp3) is 1.00. The topological polar surface area (TPSA) is 44.8 Å². The van der Waals surface area contributed by atoms with Crippen LogP contribution in [0.3, 0.4) is 0 Å². The molecule has 0 rings (SSSR count). The van der Waals surface area contributed by atoms with E-state index in [1.807, 2.05) is 6.92 Å². The van der Waals surface area contributed by atoms with Crippen LogP contribution in [-0.2, 0) is 18.6 Å². The first-order chi connectivity index (χ1) is 21.2. The molecule has 0 N–H and O–H groups in total. The molecule has 43 heavy (non-hydrogen) atoms. The van der Waals surface area contributed by atoms with Gasteiger partial charge in [0.15, 0.2) is 11.4 Å². The highest BCUT2D eigenvalue weighted by Gasteiger charge is 2.22. The lowest BCUT2D eigenvalue weighted by Gasteiger charge is -2.16. The molecule has 0 aliphatic heterocycles. The van der Waals surface area contributed by atoms with E-state index < -0.39 is 7.23 Å². The summed E-state index contributed by atoms with van der Waals surface area (Å²) in [6.45, 7) is 9.01. The van der Waals surface area contributed by atoms with Crippen LogP contribution in [0.1, 0.15) is 201 Å². The van der Waals surface area contributed by atoms with Crippen LogP contribution < -0.4 is 0 Å². The molecule has 6 heteroatoms. The highest BCUT2D eigenvalue weighted by molar-refractivity contribution is 8.50. The van der Waals surface area contributed by atoms with Gasteiger partial charge in [-0.2, -0.15) is 0 Å². The van der Waals surface area contributed by atoms with Crippen molar-refractivity contribution in [3.63, 3.8) is 0 Å². The fourth-order valence-electron chi connectivity index (χ4n) is 5.59. The van der Waals surface area contributed by atoms with Crippen molar-refractivity contribution in [1.29, 1.82) is 0 Å². The molecular formula is C37H76O4PS+. The monoisotopic (exact) mass is 648 g/mol. The summed E-state index contributed by atoms with van der Waals surface area (Å²) in [4.78, 5) is 0. The van der Waals surface area contributed by atoms with Gasteiger partial charge >= 0.3 is 7.23 Å². The zero-order chi connectivity index (χ0) is 31.3. The molecule has 0 bridgehead atoms. The zero-order valence-electron chi connectivity index (χ0n) is 29.4. The Morgan fingerprint density at radius 3 is 1.19 bits per heavy atom. The van der Waals surface area contributed by atoms with Crippen molar-refractivity contribution < 1.29 is 18.6 Å². The molecule has 0 aliphatic rings. The summed E-state index contributed by atoms with van der Waals surface area (Å²) in [5.74, 6) is 0.801. The second-order valence-electron chi connectivity index (χ2n) is 12.7. The van der Waals surface area contributed by atoms with Crippen molar-refractivity contribution >= 4 is 18.6 Å². The maximum atomic E-state index is 12.0. The Bertz CT molecular complexity index is 537. The van der Waals surface area contributed by atoms with Crippen LogP contribution in [0.15, 0.2) is 0 Å². The number of rotatable bonds is 38. The molecule has 0 saturated carbocycles. The van der Waals surface area contributed by atoms with Gasteiger partial charge in [-0.25, -0.2) is 0 Å². The van der Waals surface area contributed by atoms with Gasteiger partial charge in [-0.3, -0.25) is 0 Å². The average molecular weight is 648 g/mol. The lowest BCUT2D eigenvalue weighted by Crippen LogP contribution is -2.25. The second kappa shape index (κ2) is 38.5. The van der Waals surface area contributed by atoms with Crippen molar-refractivity contribution in [3.8, 4) is 0 Å². The minimum absolute atomic E-state index is 0.120. The Labute approximate surface area is 275 Å². The molecule has 0 aromatic carbocycles. The highest BCUT2D eigenvalue weighted by atomic mass is 32.7. The van der Waals surface area contributed by atoms with E-state index in [9.17, 15) is 4.57 Å². The fourth-order valence-corrected chi connectivity index (χ4v) is 7.20. The van der Waals surface area contributed by atoms with E-state index in [0.717, 1.165) is 31.8 Å². The molecule has 2 unspecified atom stereocenters. The number of ether oxygens (including phenoxy) is 2. The molecule has 0 spiro atoms. The summed E-state index contributed by atoms with van der Waals surface area (Å²) in [6, 6.07) is 0. The van der Waals surface area contributed by atoms with E-state index in [1.165, 1.54) is 178 Å². The Morgan fingerprint density at radius 1 is 0.465 bits per heavy atom. The van der Waals surface area contributed by atoms with Crippen molar-refractivity contribution in [3.05, 3.63) is 0 Å². The van der Waals surface area contributed by atoms with E-state index in [1.54, 1.807) is 0 Å². The SMILES string of the molecule is CCCCCCCCCCCCCCCCOCC(CO[P+](=O)SCC)OCCCCCCCCCCCCCCCC. The van der Waals surface area contributed by atoms with E-state index >= 15 is 0 Å². The van der Waals surface area contributed by atoms with Crippen LogP contribution >= 0.6 is 18.6 Å². The van der Waals surface area contributed by atoms with E-state index in [0.29, 0.717) is 13.2 Å². The zero-order valence-corrected chi connectivity index (χ0v) is 31.1. The van der Waals surface area contributed by atoms with Crippen LogP contribution in [0.25, 0.3) is 0 Å². The van der Waals surface area contributed by atoms with Gasteiger partial charge in [0.1, 0.15) is 12.7 Å². The molecule has 0 fully saturated rings. The lowest BCUT2D eigenvalue weighted by molar-refractivity contribution is -0.0373. The Balaban J connectivity index is 3.71. The summed E-state index contributed by atoms with van der Waals surface area (Å²) < 4.78 is 29.6. The predicted octanol–water partition coefficient (Wildman–Crippen LogP) is 13.8. The molecular weight excluding hydrogens is 571 g/mol. The van der Waals surface area contributed by atoms with Gasteiger partial charge in [-0.05, 0) is 17.4 Å². The van der Waals surface area contributed by atoms with Crippen LogP contribution in [0, 0.1) is 0 Å². The minimum atomic E-state index is -1.66.